The van der Waals surface area contributed by atoms with Crippen LogP contribution in [0.25, 0.3) is 0 Å². The van der Waals surface area contributed by atoms with Crippen LogP contribution in [-0.2, 0) is 9.53 Å². The van der Waals surface area contributed by atoms with Crippen LogP contribution in [0.15, 0.2) is 24.3 Å². The number of amides is 1. The summed E-state index contributed by atoms with van der Waals surface area (Å²) in [5, 5.41) is 2.72. The van der Waals surface area contributed by atoms with Crippen molar-refractivity contribution in [2.24, 2.45) is 5.92 Å². The van der Waals surface area contributed by atoms with Crippen LogP contribution in [0.3, 0.4) is 0 Å². The van der Waals surface area contributed by atoms with E-state index in [1.807, 2.05) is 32.9 Å². The van der Waals surface area contributed by atoms with Crippen LogP contribution >= 0.6 is 0 Å². The van der Waals surface area contributed by atoms with Gasteiger partial charge in [-0.2, -0.15) is 0 Å². The zero-order chi connectivity index (χ0) is 14.4. The molecule has 19 heavy (non-hydrogen) atoms. The van der Waals surface area contributed by atoms with E-state index in [9.17, 15) is 9.59 Å². The van der Waals surface area contributed by atoms with E-state index in [0.29, 0.717) is 12.2 Å². The average molecular weight is 263 g/mol. The van der Waals surface area contributed by atoms with Crippen molar-refractivity contribution in [2.45, 2.75) is 33.7 Å². The van der Waals surface area contributed by atoms with Crippen LogP contribution in [-0.4, -0.2) is 24.5 Å². The minimum Gasteiger partial charge on any atom is -0.464 e. The van der Waals surface area contributed by atoms with Gasteiger partial charge in [-0.3, -0.25) is 4.79 Å². The zero-order valence-electron chi connectivity index (χ0n) is 11.9. The number of hydrogen-bond acceptors (Lipinski definition) is 3. The van der Waals surface area contributed by atoms with Crippen molar-refractivity contribution in [1.29, 1.82) is 0 Å². The average Bonchev–Trinajstić information content (AvgIpc) is 2.36. The fourth-order valence-electron chi connectivity index (χ4n) is 1.66. The SMILES string of the molecule is CCOC(=O)[C@@H](NC(=O)c1ccc(C)cc1)C(C)C. The van der Waals surface area contributed by atoms with Crippen LogP contribution in [0.5, 0.6) is 0 Å². The van der Waals surface area contributed by atoms with Crippen LogP contribution < -0.4 is 5.32 Å². The van der Waals surface area contributed by atoms with E-state index < -0.39 is 12.0 Å². The van der Waals surface area contributed by atoms with Gasteiger partial charge in [0.05, 0.1) is 6.61 Å². The number of nitrogens with one attached hydrogen (secondary N) is 1. The van der Waals surface area contributed by atoms with Gasteiger partial charge in [-0.15, -0.1) is 0 Å². The molecule has 0 heterocycles. The Balaban J connectivity index is 2.76. The van der Waals surface area contributed by atoms with E-state index in [2.05, 4.69) is 5.32 Å². The van der Waals surface area contributed by atoms with Gasteiger partial charge in [0, 0.05) is 5.56 Å². The highest BCUT2D eigenvalue weighted by Gasteiger charge is 2.25. The molecule has 0 aliphatic rings. The molecule has 0 aliphatic heterocycles. The number of carbonyl (C=O) groups is 2. The van der Waals surface area contributed by atoms with Gasteiger partial charge in [0.25, 0.3) is 5.91 Å². The van der Waals surface area contributed by atoms with Gasteiger partial charge in [-0.1, -0.05) is 31.5 Å². The van der Waals surface area contributed by atoms with Gasteiger partial charge in [0.2, 0.25) is 0 Å². The summed E-state index contributed by atoms with van der Waals surface area (Å²) in [5.41, 5.74) is 1.63. The first-order valence-corrected chi connectivity index (χ1v) is 6.49. The van der Waals surface area contributed by atoms with Crippen LogP contribution in [0.2, 0.25) is 0 Å². The Bertz CT molecular complexity index is 437. The second kappa shape index (κ2) is 6.92. The molecule has 0 radical (unpaired) electrons. The number of benzene rings is 1. The molecule has 0 aromatic heterocycles. The topological polar surface area (TPSA) is 55.4 Å². The van der Waals surface area contributed by atoms with Crippen molar-refractivity contribution >= 4 is 11.9 Å². The third kappa shape index (κ3) is 4.39. The third-order valence-corrected chi connectivity index (χ3v) is 2.81. The highest BCUT2D eigenvalue weighted by atomic mass is 16.5. The van der Waals surface area contributed by atoms with Crippen LogP contribution in [0, 0.1) is 12.8 Å². The summed E-state index contributed by atoms with van der Waals surface area (Å²) in [5.74, 6) is -0.668. The van der Waals surface area contributed by atoms with Gasteiger partial charge in [0.1, 0.15) is 6.04 Å². The second-order valence-electron chi connectivity index (χ2n) is 4.81. The van der Waals surface area contributed by atoms with Gasteiger partial charge in [-0.05, 0) is 31.9 Å². The van der Waals surface area contributed by atoms with E-state index in [0.717, 1.165) is 5.56 Å². The van der Waals surface area contributed by atoms with Crippen molar-refractivity contribution in [1.82, 2.24) is 5.32 Å². The van der Waals surface area contributed by atoms with Crippen molar-refractivity contribution < 1.29 is 14.3 Å². The number of esters is 1. The van der Waals surface area contributed by atoms with Crippen molar-refractivity contribution in [3.63, 3.8) is 0 Å². The molecule has 0 bridgehead atoms. The van der Waals surface area contributed by atoms with E-state index in [1.54, 1.807) is 19.1 Å². The highest BCUT2D eigenvalue weighted by molar-refractivity contribution is 5.96. The molecule has 0 saturated carbocycles. The Morgan fingerprint density at radius 1 is 1.21 bits per heavy atom. The number of aryl methyl sites for hydroxylation is 1. The molecule has 0 fully saturated rings. The fraction of sp³-hybridized carbons (Fsp3) is 0.467. The molecule has 1 N–H and O–H groups in total. The van der Waals surface area contributed by atoms with Crippen molar-refractivity contribution in [3.8, 4) is 0 Å². The van der Waals surface area contributed by atoms with Crippen molar-refractivity contribution in [3.05, 3.63) is 35.4 Å². The van der Waals surface area contributed by atoms with E-state index in [-0.39, 0.29) is 11.8 Å². The molecule has 4 nitrogen and oxygen atoms in total. The number of carbonyl (C=O) groups excluding carboxylic acids is 2. The molecule has 0 aliphatic carbocycles. The maximum Gasteiger partial charge on any atom is 0.328 e. The molecule has 0 unspecified atom stereocenters. The van der Waals surface area contributed by atoms with Crippen LogP contribution in [0.4, 0.5) is 0 Å². The predicted octanol–water partition coefficient (Wildman–Crippen LogP) is 2.31. The van der Waals surface area contributed by atoms with E-state index >= 15 is 0 Å². The van der Waals surface area contributed by atoms with E-state index in [4.69, 9.17) is 4.74 Å². The molecular formula is C15H21NO3. The summed E-state index contributed by atoms with van der Waals surface area (Å²) >= 11 is 0. The Morgan fingerprint density at radius 2 is 1.79 bits per heavy atom. The second-order valence-corrected chi connectivity index (χ2v) is 4.81. The molecule has 1 aromatic rings. The minimum absolute atomic E-state index is 0.0200. The quantitative estimate of drug-likeness (QED) is 0.829. The molecule has 1 rings (SSSR count). The summed E-state index contributed by atoms with van der Waals surface area (Å²) in [6.45, 7) is 7.75. The third-order valence-electron chi connectivity index (χ3n) is 2.81. The van der Waals surface area contributed by atoms with Crippen molar-refractivity contribution in [2.75, 3.05) is 6.61 Å². The lowest BCUT2D eigenvalue weighted by Crippen LogP contribution is -2.45. The number of hydrogen-bond donors (Lipinski definition) is 1. The van der Waals surface area contributed by atoms with E-state index in [1.165, 1.54) is 0 Å². The lowest BCUT2D eigenvalue weighted by Gasteiger charge is -2.20. The Kier molecular flexibility index (Phi) is 5.55. The molecule has 1 atom stereocenters. The number of ether oxygens (including phenoxy) is 1. The molecule has 0 saturated heterocycles. The van der Waals surface area contributed by atoms with Gasteiger partial charge >= 0.3 is 5.97 Å². The monoisotopic (exact) mass is 263 g/mol. The van der Waals surface area contributed by atoms with Gasteiger partial charge in [0.15, 0.2) is 0 Å². The van der Waals surface area contributed by atoms with Crippen LogP contribution in [0.1, 0.15) is 36.7 Å². The zero-order valence-corrected chi connectivity index (χ0v) is 11.9. The summed E-state index contributed by atoms with van der Waals surface area (Å²) in [6.07, 6.45) is 0. The largest absolute Gasteiger partial charge is 0.464 e. The predicted molar refractivity (Wildman–Crippen MR) is 73.9 cm³/mol. The Labute approximate surface area is 114 Å². The summed E-state index contributed by atoms with van der Waals surface area (Å²) in [7, 11) is 0. The molecule has 104 valence electrons. The smallest absolute Gasteiger partial charge is 0.328 e. The molecule has 1 amide bonds. The molecule has 4 heteroatoms. The maximum absolute atomic E-state index is 12.1. The number of rotatable bonds is 5. The Morgan fingerprint density at radius 3 is 2.26 bits per heavy atom. The first-order chi connectivity index (χ1) is 8.95. The standard InChI is InChI=1S/C15H21NO3/c1-5-19-15(18)13(10(2)3)16-14(17)12-8-6-11(4)7-9-12/h6-10,13H,5H2,1-4H3,(H,16,17)/t13-/m0/s1. The van der Waals surface area contributed by atoms with Gasteiger partial charge in [-0.25, -0.2) is 4.79 Å². The molecule has 0 spiro atoms. The summed E-state index contributed by atoms with van der Waals surface area (Å²) in [6, 6.07) is 6.60. The molecular weight excluding hydrogens is 242 g/mol. The highest BCUT2D eigenvalue weighted by Crippen LogP contribution is 2.08. The first-order valence-electron chi connectivity index (χ1n) is 6.49. The summed E-state index contributed by atoms with van der Waals surface area (Å²) in [4.78, 5) is 23.8. The molecule has 1 aromatic carbocycles. The lowest BCUT2D eigenvalue weighted by atomic mass is 10.0. The van der Waals surface area contributed by atoms with Gasteiger partial charge < -0.3 is 10.1 Å². The summed E-state index contributed by atoms with van der Waals surface area (Å²) < 4.78 is 4.97. The fourth-order valence-corrected chi connectivity index (χ4v) is 1.66. The maximum atomic E-state index is 12.1. The lowest BCUT2D eigenvalue weighted by molar-refractivity contribution is -0.146. The first kappa shape index (κ1) is 15.2. The normalized spacial score (nSPS) is 12.1. The minimum atomic E-state index is -0.617. The Hall–Kier alpha value is -1.84.